The number of carboxylic acids is 1. The molecule has 0 aliphatic carbocycles. The summed E-state index contributed by atoms with van der Waals surface area (Å²) in [4.78, 5) is 34.6. The lowest BCUT2D eigenvalue weighted by Crippen LogP contribution is -2.39. The Hall–Kier alpha value is -2.90. The van der Waals surface area contributed by atoms with Gasteiger partial charge in [-0.1, -0.05) is 6.07 Å². The topological polar surface area (TPSA) is 106 Å². The van der Waals surface area contributed by atoms with Gasteiger partial charge in [-0.05, 0) is 24.6 Å². The average molecular weight is 290 g/mol. The molecule has 2 aromatic rings. The van der Waals surface area contributed by atoms with Crippen LogP contribution in [-0.4, -0.2) is 25.4 Å². The molecule has 0 saturated heterocycles. The first-order valence-corrected chi connectivity index (χ1v) is 6.06. The first-order chi connectivity index (χ1) is 9.81. The summed E-state index contributed by atoms with van der Waals surface area (Å²) in [6, 6.07) is 4.66. The van der Waals surface area contributed by atoms with Crippen LogP contribution in [0.2, 0.25) is 0 Å². The summed E-state index contributed by atoms with van der Waals surface area (Å²) in [7, 11) is 2.76. The summed E-state index contributed by atoms with van der Waals surface area (Å²) in [5.74, 6) is -1.11. The Morgan fingerprint density at radius 1 is 1.29 bits per heavy atom. The molecular formula is C13H14N4O4. The predicted molar refractivity (Wildman–Crippen MR) is 76.1 cm³/mol. The number of anilines is 2. The van der Waals surface area contributed by atoms with E-state index >= 15 is 0 Å². The van der Waals surface area contributed by atoms with Crippen molar-refractivity contribution >= 4 is 17.5 Å². The average Bonchev–Trinajstić information content (AvgIpc) is 2.44. The molecule has 1 aromatic carbocycles. The van der Waals surface area contributed by atoms with Gasteiger partial charge in [-0.2, -0.15) is 0 Å². The summed E-state index contributed by atoms with van der Waals surface area (Å²) in [6.07, 6.45) is 0. The molecule has 8 heteroatoms. The van der Waals surface area contributed by atoms with E-state index in [2.05, 4.69) is 10.4 Å². The van der Waals surface area contributed by atoms with Gasteiger partial charge in [0.2, 0.25) is 5.82 Å². The number of hydrogen-bond donors (Lipinski definition) is 2. The van der Waals surface area contributed by atoms with Crippen LogP contribution in [0.4, 0.5) is 11.5 Å². The lowest BCUT2D eigenvalue weighted by molar-refractivity contribution is 0.0696. The highest BCUT2D eigenvalue weighted by Crippen LogP contribution is 2.17. The van der Waals surface area contributed by atoms with E-state index < -0.39 is 17.2 Å². The van der Waals surface area contributed by atoms with Gasteiger partial charge in [0.15, 0.2) is 0 Å². The molecule has 0 atom stereocenters. The van der Waals surface area contributed by atoms with Gasteiger partial charge in [-0.3, -0.25) is 9.36 Å². The number of rotatable bonds is 3. The molecule has 1 heterocycles. The molecule has 2 rings (SSSR count). The van der Waals surface area contributed by atoms with E-state index in [4.69, 9.17) is 5.11 Å². The first-order valence-electron chi connectivity index (χ1n) is 6.06. The van der Waals surface area contributed by atoms with Crippen molar-refractivity contribution in [1.29, 1.82) is 0 Å². The molecule has 2 N–H and O–H groups in total. The second-order valence-electron chi connectivity index (χ2n) is 4.58. The second-order valence-corrected chi connectivity index (χ2v) is 4.58. The standard InChI is InChI=1S/C13H14N4O4/c1-7-4-5-8(6-9(7)12(19)20)14-10-11(18)16(2)13(21)17(3)15-10/h4-6H,1-3H3,(H,14,15)(H,19,20). The zero-order chi connectivity index (χ0) is 15.7. The van der Waals surface area contributed by atoms with Crippen LogP contribution in [0.15, 0.2) is 27.8 Å². The minimum absolute atomic E-state index is 0.0557. The van der Waals surface area contributed by atoms with Crippen molar-refractivity contribution in [2.45, 2.75) is 6.92 Å². The maximum absolute atomic E-state index is 11.9. The van der Waals surface area contributed by atoms with Crippen LogP contribution in [0.3, 0.4) is 0 Å². The Kier molecular flexibility index (Phi) is 3.62. The molecule has 110 valence electrons. The van der Waals surface area contributed by atoms with E-state index in [-0.39, 0.29) is 11.4 Å². The fraction of sp³-hybridized carbons (Fsp3) is 0.231. The zero-order valence-corrected chi connectivity index (χ0v) is 11.7. The molecule has 0 unspecified atom stereocenters. The normalized spacial score (nSPS) is 10.4. The molecule has 0 spiro atoms. The Bertz CT molecular complexity index is 835. The Morgan fingerprint density at radius 2 is 1.95 bits per heavy atom. The van der Waals surface area contributed by atoms with E-state index in [0.29, 0.717) is 11.3 Å². The molecule has 8 nitrogen and oxygen atoms in total. The van der Waals surface area contributed by atoms with Crippen molar-refractivity contribution in [3.63, 3.8) is 0 Å². The third-order valence-electron chi connectivity index (χ3n) is 3.05. The third-order valence-corrected chi connectivity index (χ3v) is 3.05. The van der Waals surface area contributed by atoms with Gasteiger partial charge >= 0.3 is 11.7 Å². The van der Waals surface area contributed by atoms with Crippen LogP contribution in [-0.2, 0) is 14.1 Å². The number of nitrogens with zero attached hydrogens (tertiary/aromatic N) is 3. The number of carbonyl (C=O) groups is 1. The fourth-order valence-corrected chi connectivity index (χ4v) is 1.84. The van der Waals surface area contributed by atoms with Gasteiger partial charge in [0.1, 0.15) is 0 Å². The molecule has 21 heavy (non-hydrogen) atoms. The number of aromatic carboxylic acids is 1. The van der Waals surface area contributed by atoms with Crippen LogP contribution >= 0.6 is 0 Å². The largest absolute Gasteiger partial charge is 0.478 e. The number of aromatic nitrogens is 3. The lowest BCUT2D eigenvalue weighted by Gasteiger charge is -2.09. The summed E-state index contributed by atoms with van der Waals surface area (Å²) in [5, 5.41) is 15.7. The molecule has 0 aliphatic heterocycles. The van der Waals surface area contributed by atoms with Gasteiger partial charge < -0.3 is 10.4 Å². The van der Waals surface area contributed by atoms with Gasteiger partial charge in [0, 0.05) is 19.8 Å². The summed E-state index contributed by atoms with van der Waals surface area (Å²) in [6.45, 7) is 1.68. The van der Waals surface area contributed by atoms with Gasteiger partial charge in [-0.25, -0.2) is 14.3 Å². The van der Waals surface area contributed by atoms with Gasteiger partial charge in [0.25, 0.3) is 5.56 Å². The summed E-state index contributed by atoms with van der Waals surface area (Å²) >= 11 is 0. The highest BCUT2D eigenvalue weighted by atomic mass is 16.4. The van der Waals surface area contributed by atoms with E-state index in [1.807, 2.05) is 0 Å². The van der Waals surface area contributed by atoms with Gasteiger partial charge in [-0.15, -0.1) is 5.10 Å². The van der Waals surface area contributed by atoms with Crippen LogP contribution in [0.1, 0.15) is 15.9 Å². The van der Waals surface area contributed by atoms with Crippen molar-refractivity contribution in [1.82, 2.24) is 14.3 Å². The molecule has 0 bridgehead atoms. The smallest absolute Gasteiger partial charge is 0.346 e. The van der Waals surface area contributed by atoms with Crippen molar-refractivity contribution in [3.05, 3.63) is 50.2 Å². The minimum atomic E-state index is -1.06. The Labute approximate surface area is 119 Å². The van der Waals surface area contributed by atoms with Crippen LogP contribution in [0.25, 0.3) is 0 Å². The van der Waals surface area contributed by atoms with E-state index in [0.717, 1.165) is 9.25 Å². The van der Waals surface area contributed by atoms with E-state index in [1.165, 1.54) is 20.2 Å². The molecule has 0 radical (unpaired) electrons. The number of benzene rings is 1. The molecule has 1 aromatic heterocycles. The predicted octanol–water partition coefficient (Wildman–Crippen LogP) is 0.229. The van der Waals surface area contributed by atoms with Crippen molar-refractivity contribution < 1.29 is 9.90 Å². The van der Waals surface area contributed by atoms with Crippen LogP contribution in [0.5, 0.6) is 0 Å². The minimum Gasteiger partial charge on any atom is -0.478 e. The number of carboxylic acid groups (broad SMARTS) is 1. The monoisotopic (exact) mass is 290 g/mol. The maximum atomic E-state index is 11.9. The van der Waals surface area contributed by atoms with E-state index in [9.17, 15) is 14.4 Å². The Balaban J connectivity index is 2.49. The summed E-state index contributed by atoms with van der Waals surface area (Å²) in [5.41, 5.74) is 0.00787. The quantitative estimate of drug-likeness (QED) is 0.838. The highest BCUT2D eigenvalue weighted by Gasteiger charge is 2.11. The number of nitrogens with one attached hydrogen (secondary N) is 1. The van der Waals surface area contributed by atoms with Crippen molar-refractivity contribution in [2.24, 2.45) is 14.1 Å². The molecule has 0 amide bonds. The lowest BCUT2D eigenvalue weighted by atomic mass is 10.1. The van der Waals surface area contributed by atoms with E-state index in [1.54, 1.807) is 19.1 Å². The molecule has 0 fully saturated rings. The molecule has 0 saturated carbocycles. The van der Waals surface area contributed by atoms with Crippen molar-refractivity contribution in [2.75, 3.05) is 5.32 Å². The molecular weight excluding hydrogens is 276 g/mol. The highest BCUT2D eigenvalue weighted by molar-refractivity contribution is 5.90. The SMILES string of the molecule is Cc1ccc(Nc2nn(C)c(=O)n(C)c2=O)cc1C(=O)O. The molecule has 0 aliphatic rings. The fourth-order valence-electron chi connectivity index (χ4n) is 1.84. The number of aryl methyl sites for hydroxylation is 2. The van der Waals surface area contributed by atoms with Gasteiger partial charge in [0.05, 0.1) is 5.56 Å². The van der Waals surface area contributed by atoms with Crippen LogP contribution in [0, 0.1) is 6.92 Å². The third kappa shape index (κ3) is 2.69. The number of hydrogen-bond acceptors (Lipinski definition) is 5. The Morgan fingerprint density at radius 3 is 2.57 bits per heavy atom. The second kappa shape index (κ2) is 5.23. The maximum Gasteiger partial charge on any atom is 0.346 e. The zero-order valence-electron chi connectivity index (χ0n) is 11.7. The van der Waals surface area contributed by atoms with Crippen LogP contribution < -0.4 is 16.6 Å². The van der Waals surface area contributed by atoms with Crippen molar-refractivity contribution in [3.8, 4) is 0 Å². The first kappa shape index (κ1) is 14.5. The summed E-state index contributed by atoms with van der Waals surface area (Å²) < 4.78 is 1.94.